The highest BCUT2D eigenvalue weighted by molar-refractivity contribution is 6.46. The van der Waals surface area contributed by atoms with E-state index in [1.807, 2.05) is 19.0 Å². The van der Waals surface area contributed by atoms with E-state index in [-0.39, 0.29) is 11.3 Å². The third-order valence-electron chi connectivity index (χ3n) is 5.08. The van der Waals surface area contributed by atoms with Gasteiger partial charge in [-0.15, -0.1) is 0 Å². The van der Waals surface area contributed by atoms with Crippen LogP contribution in [0.15, 0.2) is 36.0 Å². The van der Waals surface area contributed by atoms with Crippen LogP contribution in [0.3, 0.4) is 0 Å². The highest BCUT2D eigenvalue weighted by Crippen LogP contribution is 2.39. The Morgan fingerprint density at radius 2 is 1.87 bits per heavy atom. The molecule has 8 heteroatoms. The fraction of sp³-hybridized carbons (Fsp3) is 0.364. The van der Waals surface area contributed by atoms with Crippen LogP contribution in [0.1, 0.15) is 35.1 Å². The first-order chi connectivity index (χ1) is 14.2. The molecule has 0 saturated carbocycles. The summed E-state index contributed by atoms with van der Waals surface area (Å²) in [7, 11) is 3.84. The minimum Gasteiger partial charge on any atom is -0.507 e. The van der Waals surface area contributed by atoms with Crippen LogP contribution >= 0.6 is 0 Å². The molecule has 0 spiro atoms. The van der Waals surface area contributed by atoms with Gasteiger partial charge in [-0.3, -0.25) is 9.59 Å². The highest BCUT2D eigenvalue weighted by Gasteiger charge is 2.46. The first-order valence-electron chi connectivity index (χ1n) is 9.70. The molecule has 30 heavy (non-hydrogen) atoms. The maximum Gasteiger partial charge on any atom is 0.295 e. The van der Waals surface area contributed by atoms with Crippen molar-refractivity contribution >= 4 is 17.4 Å². The lowest BCUT2D eigenvalue weighted by Crippen LogP contribution is -2.32. The Kier molecular flexibility index (Phi) is 6.26. The second-order valence-corrected chi connectivity index (χ2v) is 7.62. The maximum atomic E-state index is 13.5. The molecule has 1 aliphatic heterocycles. The zero-order chi connectivity index (χ0) is 22.0. The number of Topliss-reactive ketones (excluding diaryl/α,β-unsaturated/α-hetero) is 1. The SMILES string of the molecule is Cc1ncc(/C(O)=C2\C(=O)C(=O)N(CCCN(C)C)C2c2ccc(F)cc2)c(C)n1. The van der Waals surface area contributed by atoms with Crippen molar-refractivity contribution in [3.05, 3.63) is 64.5 Å². The van der Waals surface area contributed by atoms with E-state index in [1.165, 1.54) is 35.4 Å². The average Bonchev–Trinajstić information content (AvgIpc) is 2.93. The molecular formula is C22H25FN4O3. The van der Waals surface area contributed by atoms with E-state index in [0.717, 1.165) is 6.54 Å². The molecule has 158 valence electrons. The van der Waals surface area contributed by atoms with E-state index in [1.54, 1.807) is 13.8 Å². The number of carbonyl (C=O) groups is 2. The number of carbonyl (C=O) groups excluding carboxylic acids is 2. The lowest BCUT2D eigenvalue weighted by Gasteiger charge is -2.26. The van der Waals surface area contributed by atoms with Crippen molar-refractivity contribution in [2.24, 2.45) is 0 Å². The molecule has 1 atom stereocenters. The number of benzene rings is 1. The Labute approximate surface area is 174 Å². The predicted molar refractivity (Wildman–Crippen MR) is 110 cm³/mol. The first kappa shape index (κ1) is 21.6. The van der Waals surface area contributed by atoms with Crippen LogP contribution < -0.4 is 0 Å². The molecule has 1 aliphatic rings. The molecule has 0 aliphatic carbocycles. The smallest absolute Gasteiger partial charge is 0.295 e. The van der Waals surface area contributed by atoms with Gasteiger partial charge in [0.05, 0.1) is 22.9 Å². The fourth-order valence-electron chi connectivity index (χ4n) is 3.62. The molecular weight excluding hydrogens is 387 g/mol. The molecule has 1 fully saturated rings. The largest absolute Gasteiger partial charge is 0.507 e. The summed E-state index contributed by atoms with van der Waals surface area (Å²) in [5, 5.41) is 11.0. The molecule has 1 aromatic heterocycles. The molecule has 2 aromatic rings. The highest BCUT2D eigenvalue weighted by atomic mass is 19.1. The van der Waals surface area contributed by atoms with Gasteiger partial charge in [-0.25, -0.2) is 14.4 Å². The number of aromatic nitrogens is 2. The summed E-state index contributed by atoms with van der Waals surface area (Å²) in [4.78, 5) is 37.5. The van der Waals surface area contributed by atoms with Gasteiger partial charge in [-0.2, -0.15) is 0 Å². The number of halogens is 1. The number of amides is 1. The number of aryl methyl sites for hydroxylation is 2. The monoisotopic (exact) mass is 412 g/mol. The number of hydrogen-bond acceptors (Lipinski definition) is 6. The number of hydrogen-bond donors (Lipinski definition) is 1. The van der Waals surface area contributed by atoms with Crippen molar-refractivity contribution in [3.8, 4) is 0 Å². The number of aliphatic hydroxyl groups is 1. The zero-order valence-electron chi connectivity index (χ0n) is 17.5. The predicted octanol–water partition coefficient (Wildman–Crippen LogP) is 2.61. The summed E-state index contributed by atoms with van der Waals surface area (Å²) >= 11 is 0. The van der Waals surface area contributed by atoms with E-state index in [2.05, 4.69) is 9.97 Å². The van der Waals surface area contributed by atoms with Crippen molar-refractivity contribution < 1.29 is 19.1 Å². The minimum absolute atomic E-state index is 0.0352. The van der Waals surface area contributed by atoms with Crippen LogP contribution in [-0.4, -0.2) is 63.7 Å². The van der Waals surface area contributed by atoms with Crippen LogP contribution in [0, 0.1) is 19.7 Å². The second-order valence-electron chi connectivity index (χ2n) is 7.62. The van der Waals surface area contributed by atoms with Crippen LogP contribution in [0.5, 0.6) is 0 Å². The van der Waals surface area contributed by atoms with Crippen molar-refractivity contribution in [1.29, 1.82) is 0 Å². The van der Waals surface area contributed by atoms with Gasteiger partial charge in [-0.05, 0) is 58.6 Å². The average molecular weight is 412 g/mol. The second kappa shape index (κ2) is 8.71. The van der Waals surface area contributed by atoms with Gasteiger partial charge in [0, 0.05) is 12.7 Å². The summed E-state index contributed by atoms with van der Waals surface area (Å²) in [6.07, 6.45) is 2.08. The van der Waals surface area contributed by atoms with Gasteiger partial charge in [-0.1, -0.05) is 12.1 Å². The van der Waals surface area contributed by atoms with E-state index in [9.17, 15) is 19.1 Å². The minimum atomic E-state index is -0.812. The third kappa shape index (κ3) is 4.23. The first-order valence-corrected chi connectivity index (χ1v) is 9.70. The third-order valence-corrected chi connectivity index (χ3v) is 5.08. The molecule has 3 rings (SSSR count). The molecule has 0 bridgehead atoms. The lowest BCUT2D eigenvalue weighted by atomic mass is 9.95. The number of rotatable bonds is 6. The molecule has 1 aromatic carbocycles. The Balaban J connectivity index is 2.12. The molecule has 1 saturated heterocycles. The van der Waals surface area contributed by atoms with Crippen LogP contribution in [0.2, 0.25) is 0 Å². The summed E-state index contributed by atoms with van der Waals surface area (Å²) in [5.41, 5.74) is 1.30. The van der Waals surface area contributed by atoms with E-state index in [0.29, 0.717) is 35.6 Å². The number of aliphatic hydroxyl groups excluding tert-OH is 1. The molecule has 7 nitrogen and oxygen atoms in total. The zero-order valence-corrected chi connectivity index (χ0v) is 17.5. The topological polar surface area (TPSA) is 86.6 Å². The van der Waals surface area contributed by atoms with Crippen molar-refractivity contribution in [2.45, 2.75) is 26.3 Å². The Bertz CT molecular complexity index is 1000. The van der Waals surface area contributed by atoms with Gasteiger partial charge in [0.2, 0.25) is 0 Å². The number of ketones is 1. The summed E-state index contributed by atoms with van der Waals surface area (Å²) < 4.78 is 13.5. The van der Waals surface area contributed by atoms with Gasteiger partial charge in [0.15, 0.2) is 0 Å². The molecule has 2 heterocycles. The molecule has 0 radical (unpaired) electrons. The molecule has 1 amide bonds. The van der Waals surface area contributed by atoms with Crippen molar-refractivity contribution in [2.75, 3.05) is 27.2 Å². The van der Waals surface area contributed by atoms with Crippen LogP contribution in [-0.2, 0) is 9.59 Å². The van der Waals surface area contributed by atoms with Gasteiger partial charge >= 0.3 is 0 Å². The Hall–Kier alpha value is -3.13. The van der Waals surface area contributed by atoms with Crippen LogP contribution in [0.25, 0.3) is 5.76 Å². The number of nitrogens with zero attached hydrogens (tertiary/aromatic N) is 4. The van der Waals surface area contributed by atoms with Crippen LogP contribution in [0.4, 0.5) is 4.39 Å². The van der Waals surface area contributed by atoms with E-state index < -0.39 is 23.5 Å². The van der Waals surface area contributed by atoms with Gasteiger partial charge in [0.25, 0.3) is 11.7 Å². The van der Waals surface area contributed by atoms with Gasteiger partial charge in [0.1, 0.15) is 17.4 Å². The molecule has 1 N–H and O–H groups in total. The summed E-state index contributed by atoms with van der Waals surface area (Å²) in [6.45, 7) is 4.47. The Morgan fingerprint density at radius 3 is 2.47 bits per heavy atom. The van der Waals surface area contributed by atoms with Crippen molar-refractivity contribution in [3.63, 3.8) is 0 Å². The standard InChI is InChI=1S/C22H25FN4O3/c1-13-17(12-24-14(2)25-13)20(28)18-19(15-6-8-16(23)9-7-15)27(22(30)21(18)29)11-5-10-26(3)4/h6-9,12,19,28H,5,10-11H2,1-4H3/b20-18+. The normalized spacial score (nSPS) is 18.5. The van der Waals surface area contributed by atoms with Gasteiger partial charge < -0.3 is 14.9 Å². The van der Waals surface area contributed by atoms with E-state index >= 15 is 0 Å². The number of likely N-dealkylation sites (tertiary alicyclic amines) is 1. The lowest BCUT2D eigenvalue weighted by molar-refractivity contribution is -0.139. The maximum absolute atomic E-state index is 13.5. The van der Waals surface area contributed by atoms with E-state index in [4.69, 9.17) is 0 Å². The Morgan fingerprint density at radius 1 is 1.20 bits per heavy atom. The van der Waals surface area contributed by atoms with Crippen molar-refractivity contribution in [1.82, 2.24) is 19.8 Å². The summed E-state index contributed by atoms with van der Waals surface area (Å²) in [5.74, 6) is -1.67. The molecule has 1 unspecified atom stereocenters. The fourth-order valence-corrected chi connectivity index (χ4v) is 3.62. The summed E-state index contributed by atoms with van der Waals surface area (Å²) in [6, 6.07) is 4.78. The quantitative estimate of drug-likeness (QED) is 0.446.